The highest BCUT2D eigenvalue weighted by molar-refractivity contribution is 7.99. The van der Waals surface area contributed by atoms with Crippen molar-refractivity contribution in [2.75, 3.05) is 5.73 Å². The molecule has 2 nitrogen and oxygen atoms in total. The zero-order chi connectivity index (χ0) is 13.1. The van der Waals surface area contributed by atoms with Gasteiger partial charge in [-0.05, 0) is 49.2 Å². The second kappa shape index (κ2) is 5.16. The summed E-state index contributed by atoms with van der Waals surface area (Å²) in [4.78, 5) is 2.04. The van der Waals surface area contributed by atoms with Gasteiger partial charge in [0.25, 0.3) is 0 Å². The Morgan fingerprint density at radius 3 is 2.39 bits per heavy atom. The first-order valence-electron chi connectivity index (χ1n) is 5.65. The van der Waals surface area contributed by atoms with Gasteiger partial charge in [0.1, 0.15) is 6.07 Å². The lowest BCUT2D eigenvalue weighted by Crippen LogP contribution is -1.92. The SMILES string of the molecule is Cc1cc(C)cc(Sc2cccc(N)c2C#N)c1. The number of nitrogens with two attached hydrogens (primary N) is 1. The Kier molecular flexibility index (Phi) is 3.59. The van der Waals surface area contributed by atoms with E-state index in [2.05, 4.69) is 38.1 Å². The highest BCUT2D eigenvalue weighted by atomic mass is 32.2. The summed E-state index contributed by atoms with van der Waals surface area (Å²) < 4.78 is 0. The van der Waals surface area contributed by atoms with Gasteiger partial charge in [-0.3, -0.25) is 0 Å². The number of hydrogen-bond donors (Lipinski definition) is 1. The van der Waals surface area contributed by atoms with E-state index in [0.717, 1.165) is 9.79 Å². The van der Waals surface area contributed by atoms with Crippen molar-refractivity contribution in [1.82, 2.24) is 0 Å². The number of nitrogen functional groups attached to an aromatic ring is 1. The molecule has 0 spiro atoms. The average molecular weight is 254 g/mol. The zero-order valence-corrected chi connectivity index (χ0v) is 11.2. The van der Waals surface area contributed by atoms with E-state index in [0.29, 0.717) is 11.3 Å². The third kappa shape index (κ3) is 2.66. The van der Waals surface area contributed by atoms with Crippen molar-refractivity contribution in [3.63, 3.8) is 0 Å². The van der Waals surface area contributed by atoms with Crippen LogP contribution in [0.25, 0.3) is 0 Å². The van der Waals surface area contributed by atoms with Crippen molar-refractivity contribution in [3.05, 3.63) is 53.1 Å². The number of benzene rings is 2. The van der Waals surface area contributed by atoms with Crippen LogP contribution < -0.4 is 5.73 Å². The van der Waals surface area contributed by atoms with Gasteiger partial charge < -0.3 is 5.73 Å². The predicted octanol–water partition coefficient (Wildman–Crippen LogP) is 3.91. The first kappa shape index (κ1) is 12.5. The highest BCUT2D eigenvalue weighted by Gasteiger charge is 2.07. The van der Waals surface area contributed by atoms with E-state index < -0.39 is 0 Å². The summed E-state index contributed by atoms with van der Waals surface area (Å²) in [6.07, 6.45) is 0. The third-order valence-corrected chi connectivity index (χ3v) is 3.62. The largest absolute Gasteiger partial charge is 0.398 e. The summed E-state index contributed by atoms with van der Waals surface area (Å²) in [7, 11) is 0. The van der Waals surface area contributed by atoms with Gasteiger partial charge in [0.2, 0.25) is 0 Å². The van der Waals surface area contributed by atoms with Crippen LogP contribution in [0.5, 0.6) is 0 Å². The molecule has 3 heteroatoms. The summed E-state index contributed by atoms with van der Waals surface area (Å²) in [6.45, 7) is 4.14. The lowest BCUT2D eigenvalue weighted by molar-refractivity contribution is 1.28. The third-order valence-electron chi connectivity index (χ3n) is 2.59. The average Bonchev–Trinajstić information content (AvgIpc) is 2.27. The summed E-state index contributed by atoms with van der Waals surface area (Å²) in [5.41, 5.74) is 9.35. The van der Waals surface area contributed by atoms with Gasteiger partial charge in [0, 0.05) is 9.79 Å². The molecule has 2 aromatic carbocycles. The number of rotatable bonds is 2. The maximum Gasteiger partial charge on any atom is 0.102 e. The molecule has 2 N–H and O–H groups in total. The molecule has 0 aromatic heterocycles. The lowest BCUT2D eigenvalue weighted by atomic mass is 10.2. The van der Waals surface area contributed by atoms with Crippen LogP contribution in [0.15, 0.2) is 46.2 Å². The normalized spacial score (nSPS) is 10.1. The van der Waals surface area contributed by atoms with Gasteiger partial charge in [-0.15, -0.1) is 0 Å². The van der Waals surface area contributed by atoms with Gasteiger partial charge >= 0.3 is 0 Å². The molecule has 0 bridgehead atoms. The predicted molar refractivity (Wildman–Crippen MR) is 75.6 cm³/mol. The number of anilines is 1. The second-order valence-electron chi connectivity index (χ2n) is 4.26. The zero-order valence-electron chi connectivity index (χ0n) is 10.4. The van der Waals surface area contributed by atoms with Gasteiger partial charge in [-0.1, -0.05) is 23.9 Å². The maximum absolute atomic E-state index is 9.14. The molecule has 0 heterocycles. The molecular formula is C15H14N2S. The van der Waals surface area contributed by atoms with Crippen LogP contribution in [-0.4, -0.2) is 0 Å². The van der Waals surface area contributed by atoms with Crippen molar-refractivity contribution in [1.29, 1.82) is 5.26 Å². The van der Waals surface area contributed by atoms with Crippen LogP contribution >= 0.6 is 11.8 Å². The summed E-state index contributed by atoms with van der Waals surface area (Å²) >= 11 is 1.58. The Hall–Kier alpha value is -1.92. The molecular weight excluding hydrogens is 240 g/mol. The fraction of sp³-hybridized carbons (Fsp3) is 0.133. The molecule has 0 radical (unpaired) electrons. The number of nitrogens with zero attached hydrogens (tertiary/aromatic N) is 1. The Balaban J connectivity index is 2.40. The minimum Gasteiger partial charge on any atom is -0.398 e. The van der Waals surface area contributed by atoms with Crippen LogP contribution in [0, 0.1) is 25.2 Å². The van der Waals surface area contributed by atoms with Gasteiger partial charge in [-0.25, -0.2) is 0 Å². The fourth-order valence-corrected chi connectivity index (χ4v) is 3.03. The van der Waals surface area contributed by atoms with Gasteiger partial charge in [0.15, 0.2) is 0 Å². The van der Waals surface area contributed by atoms with Crippen LogP contribution in [-0.2, 0) is 0 Å². The van der Waals surface area contributed by atoms with E-state index >= 15 is 0 Å². The quantitative estimate of drug-likeness (QED) is 0.827. The van der Waals surface area contributed by atoms with Crippen LogP contribution in [0.1, 0.15) is 16.7 Å². The van der Waals surface area contributed by atoms with Crippen LogP contribution in [0.4, 0.5) is 5.69 Å². The van der Waals surface area contributed by atoms with E-state index in [-0.39, 0.29) is 0 Å². The smallest absolute Gasteiger partial charge is 0.102 e. The highest BCUT2D eigenvalue weighted by Crippen LogP contribution is 2.33. The summed E-state index contributed by atoms with van der Waals surface area (Å²) in [6, 6.07) is 14.1. The Morgan fingerprint density at radius 1 is 1.11 bits per heavy atom. The number of nitriles is 1. The first-order valence-corrected chi connectivity index (χ1v) is 6.46. The molecule has 0 atom stereocenters. The molecule has 0 aliphatic rings. The molecule has 2 aromatic rings. The Bertz CT molecular complexity index is 607. The summed E-state index contributed by atoms with van der Waals surface area (Å²) in [5, 5.41) is 9.14. The van der Waals surface area contributed by atoms with Crippen molar-refractivity contribution >= 4 is 17.4 Å². The molecule has 0 amide bonds. The molecule has 2 rings (SSSR count). The van der Waals surface area contributed by atoms with Crippen LogP contribution in [0.2, 0.25) is 0 Å². The lowest BCUT2D eigenvalue weighted by Gasteiger charge is -2.07. The monoisotopic (exact) mass is 254 g/mol. The van der Waals surface area contributed by atoms with Crippen molar-refractivity contribution in [2.24, 2.45) is 0 Å². The summed E-state index contributed by atoms with van der Waals surface area (Å²) in [5.74, 6) is 0. The maximum atomic E-state index is 9.14. The molecule has 18 heavy (non-hydrogen) atoms. The van der Waals surface area contributed by atoms with Crippen molar-refractivity contribution in [2.45, 2.75) is 23.6 Å². The Morgan fingerprint density at radius 2 is 1.78 bits per heavy atom. The fourth-order valence-electron chi connectivity index (χ4n) is 1.87. The standard InChI is InChI=1S/C15H14N2S/c1-10-6-11(2)8-12(7-10)18-15-5-3-4-14(17)13(15)9-16/h3-8H,17H2,1-2H3. The molecule has 0 unspecified atom stereocenters. The molecule has 90 valence electrons. The molecule has 0 aliphatic carbocycles. The Labute approximate surface area is 111 Å². The van der Waals surface area contributed by atoms with E-state index in [4.69, 9.17) is 11.0 Å². The number of aryl methyl sites for hydroxylation is 2. The number of hydrogen-bond acceptors (Lipinski definition) is 3. The second-order valence-corrected chi connectivity index (χ2v) is 5.37. The van der Waals surface area contributed by atoms with E-state index in [9.17, 15) is 0 Å². The van der Waals surface area contributed by atoms with E-state index in [1.165, 1.54) is 11.1 Å². The van der Waals surface area contributed by atoms with E-state index in [1.54, 1.807) is 17.8 Å². The molecule has 0 fully saturated rings. The van der Waals surface area contributed by atoms with Crippen LogP contribution in [0.3, 0.4) is 0 Å². The molecule has 0 saturated carbocycles. The van der Waals surface area contributed by atoms with Crippen molar-refractivity contribution < 1.29 is 0 Å². The van der Waals surface area contributed by atoms with Gasteiger partial charge in [-0.2, -0.15) is 5.26 Å². The van der Waals surface area contributed by atoms with Crippen molar-refractivity contribution in [3.8, 4) is 6.07 Å². The minimum atomic E-state index is 0.534. The van der Waals surface area contributed by atoms with Gasteiger partial charge in [0.05, 0.1) is 11.3 Å². The molecule has 0 saturated heterocycles. The topological polar surface area (TPSA) is 49.8 Å². The van der Waals surface area contributed by atoms with E-state index in [1.807, 2.05) is 12.1 Å². The first-order chi connectivity index (χ1) is 8.60. The minimum absolute atomic E-state index is 0.534. The molecule has 0 aliphatic heterocycles.